The summed E-state index contributed by atoms with van der Waals surface area (Å²) in [5, 5.41) is 9.58. The van der Waals surface area contributed by atoms with E-state index in [1.54, 1.807) is 12.3 Å². The summed E-state index contributed by atoms with van der Waals surface area (Å²) in [4.78, 5) is 26.2. The molecule has 0 spiro atoms. The third-order valence-electron chi connectivity index (χ3n) is 6.02. The summed E-state index contributed by atoms with van der Waals surface area (Å²) in [5.41, 5.74) is 3.40. The number of rotatable bonds is 10. The Hall–Kier alpha value is -3.57. The molecule has 3 aromatic rings. The summed E-state index contributed by atoms with van der Waals surface area (Å²) < 4.78 is 14.6. The van der Waals surface area contributed by atoms with Gasteiger partial charge in [0.15, 0.2) is 5.65 Å². The molecule has 36 heavy (non-hydrogen) atoms. The molecular formula is C28H35FN6O. The van der Waals surface area contributed by atoms with Crippen LogP contribution in [0.15, 0.2) is 24.4 Å². The van der Waals surface area contributed by atoms with Crippen LogP contribution in [0.4, 0.5) is 14.9 Å². The topological polar surface area (TPSA) is 91.8 Å². The number of unbranched alkanes of at least 4 members (excludes halogenated alkanes) is 2. The van der Waals surface area contributed by atoms with Gasteiger partial charge in [0.1, 0.15) is 11.6 Å². The highest BCUT2D eigenvalue weighted by molar-refractivity contribution is 5.91. The van der Waals surface area contributed by atoms with Crippen molar-refractivity contribution >= 4 is 22.8 Å². The zero-order valence-electron chi connectivity index (χ0n) is 21.8. The molecule has 3 N–H and O–H groups in total. The van der Waals surface area contributed by atoms with Crippen LogP contribution in [0, 0.1) is 32.0 Å². The predicted octanol–water partition coefficient (Wildman–Crippen LogP) is 5.61. The number of amides is 2. The summed E-state index contributed by atoms with van der Waals surface area (Å²) in [6, 6.07) is 4.59. The van der Waals surface area contributed by atoms with Crippen molar-refractivity contribution in [3.8, 4) is 23.5 Å². The van der Waals surface area contributed by atoms with E-state index in [1.807, 2.05) is 40.7 Å². The van der Waals surface area contributed by atoms with E-state index in [4.69, 9.17) is 16.4 Å². The fraction of sp³-hybridized carbons (Fsp3) is 0.429. The van der Waals surface area contributed by atoms with Gasteiger partial charge in [0, 0.05) is 35.8 Å². The molecule has 0 saturated heterocycles. The van der Waals surface area contributed by atoms with Gasteiger partial charge in [0.25, 0.3) is 0 Å². The lowest BCUT2D eigenvalue weighted by molar-refractivity contribution is 0.252. The number of pyridine rings is 1. The molecule has 190 valence electrons. The van der Waals surface area contributed by atoms with E-state index in [9.17, 15) is 9.18 Å². The number of terminal acetylenes is 1. The zero-order chi connectivity index (χ0) is 26.3. The summed E-state index contributed by atoms with van der Waals surface area (Å²) in [6.07, 6.45) is 10.6. The summed E-state index contributed by atoms with van der Waals surface area (Å²) >= 11 is 0. The van der Waals surface area contributed by atoms with Crippen molar-refractivity contribution in [1.29, 1.82) is 0 Å². The molecule has 0 aliphatic rings. The molecule has 1 aromatic carbocycles. The zero-order valence-corrected chi connectivity index (χ0v) is 21.8. The molecule has 0 aliphatic heterocycles. The van der Waals surface area contributed by atoms with Crippen molar-refractivity contribution in [2.45, 2.75) is 65.8 Å². The number of hydrogen-bond acceptors (Lipinski definition) is 5. The van der Waals surface area contributed by atoms with E-state index in [0.29, 0.717) is 18.0 Å². The maximum absolute atomic E-state index is 14.6. The standard InChI is InChI=1S/C28H35FN6O/c1-7-9-10-11-13-32-28(5,6)26-31-17-20-15-22(19(4)33-25(20)35-26)21-16-24(23(29)14-18(21)3)34-27(36)30-12-8-2/h1,14-17,32H,8-13H2,2-6H3,(H2,30,34,36). The number of fused-ring (bicyclic) bond motifs is 1. The number of nitrogens with one attached hydrogen (secondary N) is 3. The molecule has 0 aliphatic carbocycles. The van der Waals surface area contributed by atoms with Gasteiger partial charge in [0.2, 0.25) is 0 Å². The fourth-order valence-electron chi connectivity index (χ4n) is 3.92. The number of aromatic nitrogens is 3. The Balaban J connectivity index is 1.89. The van der Waals surface area contributed by atoms with Gasteiger partial charge in [-0.1, -0.05) is 6.92 Å². The number of halogens is 1. The van der Waals surface area contributed by atoms with Gasteiger partial charge in [-0.2, -0.15) is 0 Å². The number of nitrogens with zero attached hydrogens (tertiary/aromatic N) is 3. The SMILES string of the molecule is C#CCCCCNC(C)(C)c1ncc2cc(-c3cc(NC(=O)NCCC)c(F)cc3C)c(C)nc2n1. The van der Waals surface area contributed by atoms with Gasteiger partial charge in [-0.15, -0.1) is 12.3 Å². The minimum atomic E-state index is -0.490. The van der Waals surface area contributed by atoms with Gasteiger partial charge in [-0.3, -0.25) is 0 Å². The number of urea groups is 1. The molecule has 8 heteroatoms. The van der Waals surface area contributed by atoms with Crippen molar-refractivity contribution in [3.05, 3.63) is 47.3 Å². The van der Waals surface area contributed by atoms with Gasteiger partial charge < -0.3 is 16.0 Å². The number of carbonyl (C=O) groups excluding carboxylic acids is 1. The largest absolute Gasteiger partial charge is 0.338 e. The molecule has 0 radical (unpaired) electrons. The summed E-state index contributed by atoms with van der Waals surface area (Å²) in [6.45, 7) is 11.1. The molecule has 2 aromatic heterocycles. The van der Waals surface area contributed by atoms with E-state index in [0.717, 1.165) is 60.0 Å². The molecule has 2 heterocycles. The van der Waals surface area contributed by atoms with E-state index < -0.39 is 17.4 Å². The van der Waals surface area contributed by atoms with Crippen molar-refractivity contribution in [3.63, 3.8) is 0 Å². The molecule has 0 atom stereocenters. The van der Waals surface area contributed by atoms with Gasteiger partial charge in [0.05, 0.1) is 11.2 Å². The van der Waals surface area contributed by atoms with Gasteiger partial charge in [-0.05, 0) is 82.8 Å². The first-order valence-electron chi connectivity index (χ1n) is 12.3. The lowest BCUT2D eigenvalue weighted by Crippen LogP contribution is -2.38. The predicted molar refractivity (Wildman–Crippen MR) is 143 cm³/mol. The highest BCUT2D eigenvalue weighted by Gasteiger charge is 2.24. The number of benzene rings is 1. The van der Waals surface area contributed by atoms with Crippen LogP contribution in [-0.2, 0) is 5.54 Å². The second-order valence-corrected chi connectivity index (χ2v) is 9.47. The van der Waals surface area contributed by atoms with Crippen LogP contribution in [0.1, 0.15) is 63.5 Å². The van der Waals surface area contributed by atoms with Gasteiger partial charge >= 0.3 is 6.03 Å². The van der Waals surface area contributed by atoms with Crippen LogP contribution < -0.4 is 16.0 Å². The lowest BCUT2D eigenvalue weighted by Gasteiger charge is -2.25. The van der Waals surface area contributed by atoms with Gasteiger partial charge in [-0.25, -0.2) is 24.1 Å². The van der Waals surface area contributed by atoms with E-state index >= 15 is 0 Å². The van der Waals surface area contributed by atoms with Crippen LogP contribution in [0.3, 0.4) is 0 Å². The quantitative estimate of drug-likeness (QED) is 0.254. The number of aryl methyl sites for hydroxylation is 2. The molecule has 0 saturated carbocycles. The Morgan fingerprint density at radius 2 is 1.89 bits per heavy atom. The van der Waals surface area contributed by atoms with Crippen molar-refractivity contribution < 1.29 is 9.18 Å². The second kappa shape index (κ2) is 11.9. The first kappa shape index (κ1) is 27.0. The Morgan fingerprint density at radius 1 is 1.11 bits per heavy atom. The molecule has 0 bridgehead atoms. The minimum absolute atomic E-state index is 0.116. The van der Waals surface area contributed by atoms with E-state index in [1.165, 1.54) is 6.07 Å². The van der Waals surface area contributed by atoms with Crippen LogP contribution in [0.5, 0.6) is 0 Å². The van der Waals surface area contributed by atoms with Crippen LogP contribution in [-0.4, -0.2) is 34.1 Å². The first-order valence-corrected chi connectivity index (χ1v) is 12.3. The highest BCUT2D eigenvalue weighted by Crippen LogP contribution is 2.32. The number of anilines is 1. The van der Waals surface area contributed by atoms with Crippen LogP contribution in [0.2, 0.25) is 0 Å². The normalized spacial score (nSPS) is 11.4. The Morgan fingerprint density at radius 3 is 2.61 bits per heavy atom. The fourth-order valence-corrected chi connectivity index (χ4v) is 3.92. The molecule has 3 rings (SSSR count). The molecular weight excluding hydrogens is 455 g/mol. The average Bonchev–Trinajstić information content (AvgIpc) is 2.83. The minimum Gasteiger partial charge on any atom is -0.338 e. The highest BCUT2D eigenvalue weighted by atomic mass is 19.1. The third-order valence-corrected chi connectivity index (χ3v) is 6.02. The van der Waals surface area contributed by atoms with Crippen LogP contribution in [0.25, 0.3) is 22.2 Å². The maximum atomic E-state index is 14.6. The monoisotopic (exact) mass is 490 g/mol. The van der Waals surface area contributed by atoms with E-state index in [-0.39, 0.29) is 5.69 Å². The Labute approximate surface area is 212 Å². The van der Waals surface area contributed by atoms with Crippen molar-refractivity contribution in [2.75, 3.05) is 18.4 Å². The number of carbonyl (C=O) groups is 1. The smallest absolute Gasteiger partial charge is 0.319 e. The molecule has 0 fully saturated rings. The Bertz CT molecular complexity index is 1280. The summed E-state index contributed by atoms with van der Waals surface area (Å²) in [5.74, 6) is 2.83. The Kier molecular flexibility index (Phi) is 8.94. The second-order valence-electron chi connectivity index (χ2n) is 9.47. The lowest BCUT2D eigenvalue weighted by atomic mass is 9.97. The van der Waals surface area contributed by atoms with E-state index in [2.05, 4.69) is 26.9 Å². The molecule has 7 nitrogen and oxygen atoms in total. The first-order chi connectivity index (χ1) is 17.2. The van der Waals surface area contributed by atoms with Crippen molar-refractivity contribution in [1.82, 2.24) is 25.6 Å². The summed E-state index contributed by atoms with van der Waals surface area (Å²) in [7, 11) is 0. The van der Waals surface area contributed by atoms with Crippen LogP contribution >= 0.6 is 0 Å². The molecule has 2 amide bonds. The molecule has 0 unspecified atom stereocenters. The van der Waals surface area contributed by atoms with Crippen molar-refractivity contribution in [2.24, 2.45) is 0 Å². The third kappa shape index (κ3) is 6.55. The average molecular weight is 491 g/mol. The maximum Gasteiger partial charge on any atom is 0.319 e. The number of hydrogen-bond donors (Lipinski definition) is 3.